The van der Waals surface area contributed by atoms with Crippen molar-refractivity contribution in [1.29, 1.82) is 0 Å². The van der Waals surface area contributed by atoms with Gasteiger partial charge in [-0.15, -0.1) is 0 Å². The highest BCUT2D eigenvalue weighted by Gasteiger charge is 2.18. The SMILES string of the molecule is NC1CCCCC1.O=S1(=O)C=Cc2ccccc21. The maximum absolute atomic E-state index is 11.2. The summed E-state index contributed by atoms with van der Waals surface area (Å²) in [5.41, 5.74) is 6.42. The Bertz CT molecular complexity index is 528. The summed E-state index contributed by atoms with van der Waals surface area (Å²) in [6, 6.07) is 7.49. The lowest BCUT2D eigenvalue weighted by atomic mass is 9.97. The molecule has 0 amide bonds. The van der Waals surface area contributed by atoms with Crippen molar-refractivity contribution in [2.45, 2.75) is 43.0 Å². The van der Waals surface area contributed by atoms with Crippen molar-refractivity contribution in [3.8, 4) is 0 Å². The highest BCUT2D eigenvalue weighted by atomic mass is 32.2. The van der Waals surface area contributed by atoms with Crippen LogP contribution >= 0.6 is 0 Å². The van der Waals surface area contributed by atoms with Crippen molar-refractivity contribution >= 4 is 15.9 Å². The van der Waals surface area contributed by atoms with E-state index in [-0.39, 0.29) is 0 Å². The average molecular weight is 265 g/mol. The molecule has 1 aliphatic heterocycles. The number of benzene rings is 1. The number of nitrogens with two attached hydrogens (primary N) is 1. The van der Waals surface area contributed by atoms with Crippen LogP contribution < -0.4 is 5.73 Å². The summed E-state index contributed by atoms with van der Waals surface area (Å²) in [4.78, 5) is 0.417. The first-order chi connectivity index (χ1) is 8.59. The van der Waals surface area contributed by atoms with Crippen LogP contribution in [0, 0.1) is 0 Å². The molecule has 0 saturated heterocycles. The molecule has 3 rings (SSSR count). The zero-order valence-corrected chi connectivity index (χ0v) is 11.2. The van der Waals surface area contributed by atoms with Gasteiger partial charge < -0.3 is 5.73 Å². The summed E-state index contributed by atoms with van der Waals surface area (Å²) in [6.07, 6.45) is 8.28. The molecular formula is C14H19NO2S. The first kappa shape index (κ1) is 13.3. The zero-order chi connectivity index (χ0) is 13.0. The summed E-state index contributed by atoms with van der Waals surface area (Å²) >= 11 is 0. The second-order valence-corrected chi connectivity index (χ2v) is 6.59. The minimum Gasteiger partial charge on any atom is -0.328 e. The van der Waals surface area contributed by atoms with Crippen LogP contribution in [0.1, 0.15) is 37.7 Å². The Morgan fingerprint density at radius 3 is 2.28 bits per heavy atom. The molecule has 1 fully saturated rings. The Hall–Kier alpha value is -1.13. The number of hydrogen-bond donors (Lipinski definition) is 1. The molecule has 98 valence electrons. The number of rotatable bonds is 0. The van der Waals surface area contributed by atoms with Gasteiger partial charge in [-0.1, -0.05) is 37.5 Å². The molecule has 2 N–H and O–H groups in total. The van der Waals surface area contributed by atoms with Gasteiger partial charge >= 0.3 is 0 Å². The Balaban J connectivity index is 0.000000149. The highest BCUT2D eigenvalue weighted by molar-refractivity contribution is 7.94. The van der Waals surface area contributed by atoms with Crippen LogP contribution in [0.4, 0.5) is 0 Å². The van der Waals surface area contributed by atoms with Gasteiger partial charge in [-0.2, -0.15) is 0 Å². The second kappa shape index (κ2) is 5.67. The van der Waals surface area contributed by atoms with E-state index in [1.54, 1.807) is 24.3 Å². The first-order valence-electron chi connectivity index (χ1n) is 6.37. The fourth-order valence-electron chi connectivity index (χ4n) is 2.25. The van der Waals surface area contributed by atoms with Gasteiger partial charge in [0.05, 0.1) is 4.90 Å². The standard InChI is InChI=1S/C8H6O2S.C6H13N/c9-11(10)6-5-7-3-1-2-4-8(7)11;7-6-4-2-1-3-5-6/h1-6H;6H,1-5,7H2. The molecule has 1 saturated carbocycles. The van der Waals surface area contributed by atoms with Gasteiger partial charge in [0.2, 0.25) is 0 Å². The maximum Gasteiger partial charge on any atom is 0.200 e. The molecule has 0 bridgehead atoms. The summed E-state index contributed by atoms with van der Waals surface area (Å²) < 4.78 is 22.3. The van der Waals surface area contributed by atoms with Crippen LogP contribution in [0.2, 0.25) is 0 Å². The zero-order valence-electron chi connectivity index (χ0n) is 10.4. The van der Waals surface area contributed by atoms with Gasteiger partial charge in [-0.3, -0.25) is 0 Å². The van der Waals surface area contributed by atoms with Crippen LogP contribution in [-0.2, 0) is 9.84 Å². The largest absolute Gasteiger partial charge is 0.328 e. The smallest absolute Gasteiger partial charge is 0.200 e. The van der Waals surface area contributed by atoms with E-state index in [2.05, 4.69) is 0 Å². The molecule has 3 nitrogen and oxygen atoms in total. The summed E-state index contributed by atoms with van der Waals surface area (Å²) in [5, 5.41) is 1.23. The van der Waals surface area contributed by atoms with Gasteiger partial charge in [-0.05, 0) is 30.5 Å². The van der Waals surface area contributed by atoms with E-state index in [1.165, 1.54) is 37.5 Å². The van der Waals surface area contributed by atoms with E-state index in [1.807, 2.05) is 6.07 Å². The molecule has 1 heterocycles. The second-order valence-electron chi connectivity index (χ2n) is 4.78. The summed E-state index contributed by atoms with van der Waals surface area (Å²) in [5.74, 6) is 0. The predicted molar refractivity (Wildman–Crippen MR) is 73.7 cm³/mol. The van der Waals surface area contributed by atoms with E-state index < -0.39 is 9.84 Å². The summed E-state index contributed by atoms with van der Waals surface area (Å²) in [7, 11) is -3.09. The van der Waals surface area contributed by atoms with E-state index in [0.717, 1.165) is 5.56 Å². The van der Waals surface area contributed by atoms with E-state index in [4.69, 9.17) is 5.73 Å². The lowest BCUT2D eigenvalue weighted by Gasteiger charge is -2.15. The summed E-state index contributed by atoms with van der Waals surface area (Å²) in [6.45, 7) is 0. The lowest BCUT2D eigenvalue weighted by Crippen LogP contribution is -2.22. The lowest BCUT2D eigenvalue weighted by molar-refractivity contribution is 0.441. The molecular weight excluding hydrogens is 246 g/mol. The fourth-order valence-corrected chi connectivity index (χ4v) is 3.45. The van der Waals surface area contributed by atoms with Gasteiger partial charge in [0.15, 0.2) is 9.84 Å². The van der Waals surface area contributed by atoms with Crippen molar-refractivity contribution in [2.75, 3.05) is 0 Å². The number of fused-ring (bicyclic) bond motifs is 1. The Morgan fingerprint density at radius 1 is 1.06 bits per heavy atom. The minimum atomic E-state index is -3.09. The molecule has 0 atom stereocenters. The third-order valence-electron chi connectivity index (χ3n) is 3.30. The van der Waals surface area contributed by atoms with E-state index >= 15 is 0 Å². The van der Waals surface area contributed by atoms with Crippen molar-refractivity contribution in [2.24, 2.45) is 5.73 Å². The van der Waals surface area contributed by atoms with Gasteiger partial charge in [0.1, 0.15) is 0 Å². The van der Waals surface area contributed by atoms with Gasteiger partial charge in [0, 0.05) is 11.4 Å². The van der Waals surface area contributed by atoms with E-state index in [0.29, 0.717) is 10.9 Å². The van der Waals surface area contributed by atoms with Crippen LogP contribution in [-0.4, -0.2) is 14.5 Å². The topological polar surface area (TPSA) is 60.2 Å². The Kier molecular flexibility index (Phi) is 4.19. The van der Waals surface area contributed by atoms with Crippen molar-refractivity contribution in [3.63, 3.8) is 0 Å². The molecule has 2 aliphatic rings. The molecule has 4 heteroatoms. The minimum absolute atomic E-state index is 0.417. The molecule has 0 radical (unpaired) electrons. The Morgan fingerprint density at radius 2 is 1.72 bits per heavy atom. The van der Waals surface area contributed by atoms with Crippen LogP contribution in [0.3, 0.4) is 0 Å². The quantitative estimate of drug-likeness (QED) is 0.784. The maximum atomic E-state index is 11.2. The van der Waals surface area contributed by atoms with Crippen molar-refractivity contribution < 1.29 is 8.42 Å². The average Bonchev–Trinajstić information content (AvgIpc) is 2.68. The number of hydrogen-bond acceptors (Lipinski definition) is 3. The normalized spacial score (nSPS) is 20.9. The molecule has 1 aromatic rings. The third kappa shape index (κ3) is 3.21. The molecule has 1 aliphatic carbocycles. The van der Waals surface area contributed by atoms with Crippen molar-refractivity contribution in [1.82, 2.24) is 0 Å². The number of sulfone groups is 1. The predicted octanol–water partition coefficient (Wildman–Crippen LogP) is 2.72. The molecule has 18 heavy (non-hydrogen) atoms. The fraction of sp³-hybridized carbons (Fsp3) is 0.429. The van der Waals surface area contributed by atoms with Gasteiger partial charge in [-0.25, -0.2) is 8.42 Å². The van der Waals surface area contributed by atoms with Crippen molar-refractivity contribution in [3.05, 3.63) is 35.2 Å². The molecule has 0 unspecified atom stereocenters. The van der Waals surface area contributed by atoms with Crippen LogP contribution in [0.5, 0.6) is 0 Å². The molecule has 0 aromatic heterocycles. The Labute approximate surface area is 109 Å². The van der Waals surface area contributed by atoms with E-state index in [9.17, 15) is 8.42 Å². The highest BCUT2D eigenvalue weighted by Crippen LogP contribution is 2.25. The molecule has 1 aromatic carbocycles. The monoisotopic (exact) mass is 265 g/mol. The van der Waals surface area contributed by atoms with Crippen LogP contribution in [0.15, 0.2) is 34.6 Å². The molecule has 0 spiro atoms. The van der Waals surface area contributed by atoms with Crippen LogP contribution in [0.25, 0.3) is 6.08 Å². The van der Waals surface area contributed by atoms with Gasteiger partial charge in [0.25, 0.3) is 0 Å². The first-order valence-corrected chi connectivity index (χ1v) is 7.92. The third-order valence-corrected chi connectivity index (χ3v) is 4.78.